The number of hydrogen-bond acceptors (Lipinski definition) is 4. The van der Waals surface area contributed by atoms with Gasteiger partial charge in [-0.05, 0) is 31.2 Å². The Morgan fingerprint density at radius 1 is 1.04 bits per heavy atom. The van der Waals surface area contributed by atoms with Crippen LogP contribution in [0.1, 0.15) is 13.8 Å². The average Bonchev–Trinajstić information content (AvgIpc) is 2.68. The van der Waals surface area contributed by atoms with E-state index >= 15 is 0 Å². The first kappa shape index (κ1) is 20.7. The van der Waals surface area contributed by atoms with Crippen LogP contribution in [0.15, 0.2) is 24.3 Å². The number of methoxy groups -OCH3 is 1. The first-order chi connectivity index (χ1) is 12.9. The molecule has 0 radical (unpaired) electrons. The Hall–Kier alpha value is -2.61. The Kier molecular flexibility index (Phi) is 7.60. The number of quaternary nitrogens is 1. The fourth-order valence-corrected chi connectivity index (χ4v) is 3.02. The van der Waals surface area contributed by atoms with Crippen LogP contribution in [0, 0.1) is 0 Å². The van der Waals surface area contributed by atoms with Gasteiger partial charge in [0.1, 0.15) is 5.75 Å². The van der Waals surface area contributed by atoms with Crippen LogP contribution in [0.2, 0.25) is 0 Å². The van der Waals surface area contributed by atoms with Crippen LogP contribution >= 0.6 is 0 Å². The van der Waals surface area contributed by atoms with Crippen molar-refractivity contribution in [2.45, 2.75) is 13.8 Å². The molecule has 1 atom stereocenters. The van der Waals surface area contributed by atoms with E-state index in [1.807, 2.05) is 6.92 Å². The summed E-state index contributed by atoms with van der Waals surface area (Å²) in [5.74, 6) is 0.654. The van der Waals surface area contributed by atoms with E-state index in [0.717, 1.165) is 10.6 Å². The lowest BCUT2D eigenvalue weighted by Crippen LogP contribution is -3.14. The van der Waals surface area contributed by atoms with Crippen molar-refractivity contribution < 1.29 is 24.0 Å². The van der Waals surface area contributed by atoms with E-state index in [1.54, 1.807) is 48.1 Å². The summed E-state index contributed by atoms with van der Waals surface area (Å²) in [4.78, 5) is 40.6. The number of nitrogens with one attached hydrogen (secondary N) is 2. The Morgan fingerprint density at radius 3 is 2.15 bits per heavy atom. The first-order valence-corrected chi connectivity index (χ1v) is 9.23. The Bertz CT molecular complexity index is 654. The minimum Gasteiger partial charge on any atom is -0.497 e. The number of nitrogens with zero attached hydrogens (tertiary/aromatic N) is 2. The molecule has 0 saturated carbocycles. The summed E-state index contributed by atoms with van der Waals surface area (Å²) in [5.41, 5.74) is 0.697. The fraction of sp³-hybridized carbons (Fsp3) is 0.526. The molecule has 1 heterocycles. The van der Waals surface area contributed by atoms with Crippen molar-refractivity contribution in [1.29, 1.82) is 0 Å². The van der Waals surface area contributed by atoms with Crippen molar-refractivity contribution in [2.75, 3.05) is 58.2 Å². The van der Waals surface area contributed by atoms with Gasteiger partial charge in [-0.1, -0.05) is 0 Å². The average molecular weight is 377 g/mol. The molecule has 27 heavy (non-hydrogen) atoms. The number of amides is 3. The van der Waals surface area contributed by atoms with Crippen LogP contribution in [0.25, 0.3) is 0 Å². The second kappa shape index (κ2) is 9.91. The highest BCUT2D eigenvalue weighted by atomic mass is 16.5. The number of hydrogen-bond donors (Lipinski definition) is 2. The summed E-state index contributed by atoms with van der Waals surface area (Å²) < 4.78 is 5.10. The number of likely N-dealkylation sites (N-methyl/N-ethyl adjacent to an activating group) is 1. The molecule has 0 spiro atoms. The van der Waals surface area contributed by atoms with E-state index in [9.17, 15) is 14.4 Å². The maximum absolute atomic E-state index is 12.5. The number of piperazine rings is 1. The van der Waals surface area contributed by atoms with Crippen molar-refractivity contribution in [2.24, 2.45) is 0 Å². The van der Waals surface area contributed by atoms with E-state index in [4.69, 9.17) is 4.74 Å². The second-order valence-electron chi connectivity index (χ2n) is 6.62. The predicted molar refractivity (Wildman–Crippen MR) is 102 cm³/mol. The highest BCUT2D eigenvalue weighted by Gasteiger charge is 2.25. The zero-order valence-electron chi connectivity index (χ0n) is 16.3. The molecular weight excluding hydrogens is 348 g/mol. The molecular formula is C19H29N4O4+. The third kappa shape index (κ3) is 6.25. The van der Waals surface area contributed by atoms with E-state index in [-0.39, 0.29) is 30.8 Å². The first-order valence-electron chi connectivity index (χ1n) is 9.23. The quantitative estimate of drug-likeness (QED) is 0.654. The van der Waals surface area contributed by atoms with Crippen molar-refractivity contribution in [3.8, 4) is 5.75 Å². The molecule has 2 rings (SSSR count). The topological polar surface area (TPSA) is 83.4 Å². The van der Waals surface area contributed by atoms with Crippen LogP contribution in [0.5, 0.6) is 5.75 Å². The minimum atomic E-state index is -0.133. The van der Waals surface area contributed by atoms with Gasteiger partial charge >= 0.3 is 0 Å². The van der Waals surface area contributed by atoms with Gasteiger partial charge < -0.3 is 24.8 Å². The zero-order valence-corrected chi connectivity index (χ0v) is 16.3. The van der Waals surface area contributed by atoms with E-state index < -0.39 is 0 Å². The molecule has 1 fully saturated rings. The van der Waals surface area contributed by atoms with Gasteiger partial charge in [-0.3, -0.25) is 14.4 Å². The molecule has 148 valence electrons. The molecule has 1 aromatic carbocycles. The lowest BCUT2D eigenvalue weighted by molar-refractivity contribution is -0.882. The molecule has 1 aliphatic heterocycles. The molecule has 8 heteroatoms. The van der Waals surface area contributed by atoms with Crippen molar-refractivity contribution in [3.05, 3.63) is 24.3 Å². The summed E-state index contributed by atoms with van der Waals surface area (Å²) in [6, 6.07) is 7.12. The van der Waals surface area contributed by atoms with Crippen molar-refractivity contribution in [1.82, 2.24) is 9.80 Å². The predicted octanol–water partition coefficient (Wildman–Crippen LogP) is -0.771. The second-order valence-corrected chi connectivity index (χ2v) is 6.62. The third-order valence-electron chi connectivity index (χ3n) is 4.76. The van der Waals surface area contributed by atoms with Gasteiger partial charge in [-0.2, -0.15) is 0 Å². The molecule has 8 nitrogen and oxygen atoms in total. The maximum Gasteiger partial charge on any atom is 0.279 e. The van der Waals surface area contributed by atoms with Gasteiger partial charge in [-0.25, -0.2) is 0 Å². The van der Waals surface area contributed by atoms with Crippen LogP contribution in [0.4, 0.5) is 5.69 Å². The molecule has 1 aromatic rings. The third-order valence-corrected chi connectivity index (χ3v) is 4.76. The summed E-state index contributed by atoms with van der Waals surface area (Å²) in [7, 11) is 1.59. The van der Waals surface area contributed by atoms with Gasteiger partial charge in [0.2, 0.25) is 5.91 Å². The van der Waals surface area contributed by atoms with Gasteiger partial charge in [0.05, 0.1) is 13.7 Å². The minimum absolute atomic E-state index is 0.0206. The number of carbonyl (C=O) groups excluding carboxylic acids is 3. The van der Waals surface area contributed by atoms with E-state index in [1.165, 1.54) is 0 Å². The monoisotopic (exact) mass is 377 g/mol. The van der Waals surface area contributed by atoms with Crippen LogP contribution in [-0.4, -0.2) is 80.4 Å². The molecule has 1 saturated heterocycles. The smallest absolute Gasteiger partial charge is 0.279 e. The molecule has 0 bridgehead atoms. The molecule has 2 N–H and O–H groups in total. The number of rotatable bonds is 7. The summed E-state index contributed by atoms with van der Waals surface area (Å²) in [6.07, 6.45) is 0. The Labute approximate surface area is 160 Å². The number of ether oxygens (including phenoxy) is 1. The van der Waals surface area contributed by atoms with Crippen molar-refractivity contribution in [3.63, 3.8) is 0 Å². The largest absolute Gasteiger partial charge is 0.497 e. The Morgan fingerprint density at radius 2 is 1.63 bits per heavy atom. The lowest BCUT2D eigenvalue weighted by atomic mass is 10.3. The van der Waals surface area contributed by atoms with Crippen LogP contribution in [-0.2, 0) is 14.4 Å². The van der Waals surface area contributed by atoms with Crippen LogP contribution < -0.4 is 15.0 Å². The normalized spacial score (nSPS) is 15.2. The molecule has 1 unspecified atom stereocenters. The number of benzene rings is 1. The Balaban J connectivity index is 1.80. The van der Waals surface area contributed by atoms with Gasteiger partial charge in [0, 0.05) is 38.8 Å². The number of anilines is 1. The number of carbonyl (C=O) groups is 3. The molecule has 0 aromatic heterocycles. The summed E-state index contributed by atoms with van der Waals surface area (Å²) >= 11 is 0. The van der Waals surface area contributed by atoms with Gasteiger partial charge in [-0.15, -0.1) is 0 Å². The highest BCUT2D eigenvalue weighted by molar-refractivity contribution is 5.91. The standard InChI is InChI=1S/C19H28N4O4/c1-4-21(13-18(25)20-16-5-7-17(27-3)8-6-16)14-19(26)23-11-9-22(10-12-23)15(2)24/h5-8H,4,9-14H2,1-3H3,(H,20,25)/p+1. The fourth-order valence-electron chi connectivity index (χ4n) is 3.02. The van der Waals surface area contributed by atoms with Crippen molar-refractivity contribution >= 4 is 23.4 Å². The summed E-state index contributed by atoms with van der Waals surface area (Å²) in [6.45, 7) is 6.91. The van der Waals surface area contributed by atoms with E-state index in [0.29, 0.717) is 38.4 Å². The van der Waals surface area contributed by atoms with Crippen LogP contribution in [0.3, 0.4) is 0 Å². The summed E-state index contributed by atoms with van der Waals surface area (Å²) in [5, 5.41) is 2.84. The highest BCUT2D eigenvalue weighted by Crippen LogP contribution is 2.14. The maximum atomic E-state index is 12.5. The van der Waals surface area contributed by atoms with E-state index in [2.05, 4.69) is 5.32 Å². The molecule has 0 aliphatic carbocycles. The SMILES string of the molecule is CC[NH+](CC(=O)Nc1ccc(OC)cc1)CC(=O)N1CCN(C(C)=O)CC1. The lowest BCUT2D eigenvalue weighted by Gasteiger charge is -2.34. The molecule has 1 aliphatic rings. The zero-order chi connectivity index (χ0) is 19.8. The van der Waals surface area contributed by atoms with Gasteiger partial charge in [0.25, 0.3) is 11.8 Å². The van der Waals surface area contributed by atoms with Gasteiger partial charge in [0.15, 0.2) is 13.1 Å². The molecule has 3 amide bonds.